The van der Waals surface area contributed by atoms with E-state index in [1.807, 2.05) is 6.92 Å². The Morgan fingerprint density at radius 2 is 1.87 bits per heavy atom. The van der Waals surface area contributed by atoms with E-state index in [1.54, 1.807) is 55.6 Å². The van der Waals surface area contributed by atoms with Gasteiger partial charge in [-0.1, -0.05) is 22.9 Å². The number of nitrogens with one attached hydrogen (secondary N) is 1. The van der Waals surface area contributed by atoms with Crippen LogP contribution in [-0.2, 0) is 19.7 Å². The van der Waals surface area contributed by atoms with Crippen LogP contribution in [0.2, 0.25) is 0 Å². The first-order valence-corrected chi connectivity index (χ1v) is 11.5. The van der Waals surface area contributed by atoms with Gasteiger partial charge in [0.05, 0.1) is 18.6 Å². The van der Waals surface area contributed by atoms with Crippen molar-refractivity contribution in [3.8, 4) is 5.75 Å². The molecule has 1 atom stereocenters. The Morgan fingerprint density at radius 3 is 2.55 bits per heavy atom. The lowest BCUT2D eigenvalue weighted by molar-refractivity contribution is -0.110. The standard InChI is InChI=1S/C22H25N3O5S/c1-16-4-10-19(11-5-16)31(27,28)25-13-3-12-22(15-25)14-20(24-30-22)21(26)23-17-6-8-18(29-2)9-7-17/h4-11H,3,12-15H2,1-2H3,(H,23,26)/t22-/m0/s1. The van der Waals surface area contributed by atoms with Crippen LogP contribution in [-0.4, -0.2) is 50.1 Å². The predicted molar refractivity (Wildman–Crippen MR) is 117 cm³/mol. The van der Waals surface area contributed by atoms with E-state index in [-0.39, 0.29) is 29.5 Å². The summed E-state index contributed by atoms with van der Waals surface area (Å²) in [4.78, 5) is 18.6. The van der Waals surface area contributed by atoms with Gasteiger partial charge in [0.1, 0.15) is 11.5 Å². The van der Waals surface area contributed by atoms with Gasteiger partial charge in [-0.3, -0.25) is 4.79 Å². The van der Waals surface area contributed by atoms with Crippen LogP contribution in [0.15, 0.2) is 58.6 Å². The largest absolute Gasteiger partial charge is 0.497 e. The molecule has 0 aliphatic carbocycles. The molecule has 0 radical (unpaired) electrons. The van der Waals surface area contributed by atoms with E-state index in [0.29, 0.717) is 30.8 Å². The predicted octanol–water partition coefficient (Wildman–Crippen LogP) is 2.94. The number of methoxy groups -OCH3 is 1. The highest BCUT2D eigenvalue weighted by Gasteiger charge is 2.47. The van der Waals surface area contributed by atoms with E-state index >= 15 is 0 Å². The average molecular weight is 444 g/mol. The van der Waals surface area contributed by atoms with Crippen molar-refractivity contribution < 1.29 is 22.8 Å². The Hall–Kier alpha value is -2.91. The van der Waals surface area contributed by atoms with Crippen LogP contribution >= 0.6 is 0 Å². The van der Waals surface area contributed by atoms with Gasteiger partial charge < -0.3 is 14.9 Å². The zero-order valence-electron chi connectivity index (χ0n) is 17.5. The fourth-order valence-corrected chi connectivity index (χ4v) is 5.41. The minimum Gasteiger partial charge on any atom is -0.497 e. The average Bonchev–Trinajstić information content (AvgIpc) is 3.18. The van der Waals surface area contributed by atoms with E-state index < -0.39 is 15.6 Å². The molecule has 2 aliphatic heterocycles. The SMILES string of the molecule is COc1ccc(NC(=O)C2=NO[C@@]3(CCCN(S(=O)(=O)c4ccc(C)cc4)C3)C2)cc1. The highest BCUT2D eigenvalue weighted by atomic mass is 32.2. The smallest absolute Gasteiger partial charge is 0.273 e. The summed E-state index contributed by atoms with van der Waals surface area (Å²) in [5.41, 5.74) is 1.05. The number of benzene rings is 2. The lowest BCUT2D eigenvalue weighted by Gasteiger charge is -2.37. The summed E-state index contributed by atoms with van der Waals surface area (Å²) in [6, 6.07) is 13.8. The number of nitrogens with zero attached hydrogens (tertiary/aromatic N) is 2. The molecule has 8 nitrogen and oxygen atoms in total. The third-order valence-corrected chi connectivity index (χ3v) is 7.47. The Kier molecular flexibility index (Phi) is 5.72. The van der Waals surface area contributed by atoms with Crippen molar-refractivity contribution in [3.05, 3.63) is 54.1 Å². The van der Waals surface area contributed by atoms with Crippen molar-refractivity contribution in [2.24, 2.45) is 5.16 Å². The van der Waals surface area contributed by atoms with Crippen LogP contribution in [0.5, 0.6) is 5.75 Å². The molecule has 1 saturated heterocycles. The molecule has 2 aromatic rings. The number of aryl methyl sites for hydroxylation is 1. The third kappa shape index (κ3) is 4.42. The van der Waals surface area contributed by atoms with E-state index in [1.165, 1.54) is 4.31 Å². The molecule has 1 amide bonds. The van der Waals surface area contributed by atoms with Gasteiger partial charge in [0.15, 0.2) is 5.60 Å². The molecule has 1 spiro atoms. The van der Waals surface area contributed by atoms with Gasteiger partial charge in [-0.2, -0.15) is 4.31 Å². The Balaban J connectivity index is 1.43. The van der Waals surface area contributed by atoms with Crippen molar-refractivity contribution in [3.63, 3.8) is 0 Å². The number of rotatable bonds is 5. The molecule has 0 unspecified atom stereocenters. The number of sulfonamides is 1. The lowest BCUT2D eigenvalue weighted by atomic mass is 9.89. The number of carbonyl (C=O) groups excluding carboxylic acids is 1. The second kappa shape index (κ2) is 8.32. The summed E-state index contributed by atoms with van der Waals surface area (Å²) in [7, 11) is -2.07. The van der Waals surface area contributed by atoms with Gasteiger partial charge >= 0.3 is 0 Å². The van der Waals surface area contributed by atoms with Gasteiger partial charge in [0, 0.05) is 18.7 Å². The zero-order valence-corrected chi connectivity index (χ0v) is 18.3. The summed E-state index contributed by atoms with van der Waals surface area (Å²) in [5.74, 6) is 0.330. The van der Waals surface area contributed by atoms with Crippen molar-refractivity contribution in [2.75, 3.05) is 25.5 Å². The van der Waals surface area contributed by atoms with Gasteiger partial charge in [0.25, 0.3) is 5.91 Å². The molecule has 0 aromatic heterocycles. The van der Waals surface area contributed by atoms with E-state index in [4.69, 9.17) is 9.57 Å². The third-order valence-electron chi connectivity index (χ3n) is 5.61. The molecule has 164 valence electrons. The quantitative estimate of drug-likeness (QED) is 0.766. The monoisotopic (exact) mass is 443 g/mol. The molecule has 9 heteroatoms. The lowest BCUT2D eigenvalue weighted by Crippen LogP contribution is -2.50. The van der Waals surface area contributed by atoms with Gasteiger partial charge in [-0.05, 0) is 56.2 Å². The molecule has 2 aliphatic rings. The molecule has 4 rings (SSSR count). The first-order chi connectivity index (χ1) is 14.8. The molecule has 1 N–H and O–H groups in total. The number of carbonyl (C=O) groups is 1. The van der Waals surface area contributed by atoms with Gasteiger partial charge in [-0.25, -0.2) is 8.42 Å². The molecule has 31 heavy (non-hydrogen) atoms. The fraction of sp³-hybridized carbons (Fsp3) is 0.364. The number of amides is 1. The summed E-state index contributed by atoms with van der Waals surface area (Å²) >= 11 is 0. The normalized spacial score (nSPS) is 21.4. The Labute approximate surface area is 181 Å². The summed E-state index contributed by atoms with van der Waals surface area (Å²) in [6.07, 6.45) is 1.53. The Morgan fingerprint density at radius 1 is 1.16 bits per heavy atom. The van der Waals surface area contributed by atoms with Gasteiger partial charge in [-0.15, -0.1) is 0 Å². The molecular weight excluding hydrogens is 418 g/mol. The maximum absolute atomic E-state index is 13.1. The van der Waals surface area contributed by atoms with Crippen LogP contribution in [0.1, 0.15) is 24.8 Å². The topological polar surface area (TPSA) is 97.3 Å². The van der Waals surface area contributed by atoms with Crippen LogP contribution in [0.25, 0.3) is 0 Å². The Bertz CT molecular complexity index is 1100. The van der Waals surface area contributed by atoms with Crippen molar-refractivity contribution in [2.45, 2.75) is 36.7 Å². The molecular formula is C22H25N3O5S. The van der Waals surface area contributed by atoms with Crippen LogP contribution in [0.4, 0.5) is 5.69 Å². The highest BCUT2D eigenvalue weighted by molar-refractivity contribution is 7.89. The second-order valence-electron chi connectivity index (χ2n) is 7.93. The molecule has 0 saturated carbocycles. The fourth-order valence-electron chi connectivity index (χ4n) is 3.86. The second-order valence-corrected chi connectivity index (χ2v) is 9.86. The summed E-state index contributed by atoms with van der Waals surface area (Å²) in [5, 5.41) is 6.79. The van der Waals surface area contributed by atoms with Gasteiger partial charge in [0.2, 0.25) is 10.0 Å². The number of ether oxygens (including phenoxy) is 1. The van der Waals surface area contributed by atoms with Crippen molar-refractivity contribution in [1.82, 2.24) is 4.31 Å². The molecule has 0 bridgehead atoms. The molecule has 2 heterocycles. The van der Waals surface area contributed by atoms with Crippen molar-refractivity contribution in [1.29, 1.82) is 0 Å². The maximum Gasteiger partial charge on any atom is 0.273 e. The van der Waals surface area contributed by atoms with E-state index in [2.05, 4.69) is 10.5 Å². The van der Waals surface area contributed by atoms with Crippen molar-refractivity contribution >= 4 is 27.3 Å². The highest BCUT2D eigenvalue weighted by Crippen LogP contribution is 2.36. The first kappa shape index (κ1) is 21.3. The number of oxime groups is 1. The number of anilines is 1. The summed E-state index contributed by atoms with van der Waals surface area (Å²) in [6.45, 7) is 2.48. The van der Waals surface area contributed by atoms with Crippen LogP contribution in [0, 0.1) is 6.92 Å². The minimum absolute atomic E-state index is 0.159. The summed E-state index contributed by atoms with van der Waals surface area (Å²) < 4.78 is 32.7. The van der Waals surface area contributed by atoms with Crippen LogP contribution < -0.4 is 10.1 Å². The van der Waals surface area contributed by atoms with E-state index in [9.17, 15) is 13.2 Å². The first-order valence-electron chi connectivity index (χ1n) is 10.1. The minimum atomic E-state index is -3.65. The molecule has 2 aromatic carbocycles. The van der Waals surface area contributed by atoms with Crippen LogP contribution in [0.3, 0.4) is 0 Å². The number of hydrogen-bond donors (Lipinski definition) is 1. The maximum atomic E-state index is 13.1. The zero-order chi connectivity index (χ0) is 22.1. The molecule has 1 fully saturated rings. The number of piperidine rings is 1. The number of hydrogen-bond acceptors (Lipinski definition) is 6. The van der Waals surface area contributed by atoms with E-state index in [0.717, 1.165) is 5.56 Å².